The van der Waals surface area contributed by atoms with Crippen LogP contribution in [0.4, 0.5) is 13.2 Å². The molecule has 166 valence electrons. The van der Waals surface area contributed by atoms with Gasteiger partial charge >= 0.3 is 0 Å². The third kappa shape index (κ3) is 4.53. The lowest BCUT2D eigenvalue weighted by atomic mass is 9.63. The molecule has 4 rings (SSSR count). The van der Waals surface area contributed by atoms with Crippen LogP contribution in [-0.2, 0) is 0 Å². The second-order valence-electron chi connectivity index (χ2n) is 9.25. The molecule has 0 aliphatic heterocycles. The number of hydrogen-bond donors (Lipinski definition) is 0. The maximum Gasteiger partial charge on any atom is 0.201 e. The molecule has 2 aromatic rings. The zero-order valence-electron chi connectivity index (χ0n) is 18.2. The lowest BCUT2D eigenvalue weighted by molar-refractivity contribution is 0.114. The Balaban J connectivity index is 1.47. The Kier molecular flexibility index (Phi) is 6.74. The summed E-state index contributed by atoms with van der Waals surface area (Å²) >= 11 is 0. The quantitative estimate of drug-likeness (QED) is 0.423. The number of methoxy groups -OCH3 is 1. The Hall–Kier alpha value is -2.23. The summed E-state index contributed by atoms with van der Waals surface area (Å²) in [5.74, 6) is -0.0918. The fourth-order valence-electron chi connectivity index (χ4n) is 5.82. The van der Waals surface area contributed by atoms with Gasteiger partial charge in [-0.1, -0.05) is 24.6 Å². The van der Waals surface area contributed by atoms with Crippen LogP contribution in [-0.4, -0.2) is 7.11 Å². The maximum atomic E-state index is 15.1. The van der Waals surface area contributed by atoms with E-state index in [2.05, 4.69) is 6.58 Å². The van der Waals surface area contributed by atoms with E-state index in [-0.39, 0.29) is 23.0 Å². The summed E-state index contributed by atoms with van der Waals surface area (Å²) in [7, 11) is 1.29. The zero-order valence-corrected chi connectivity index (χ0v) is 18.2. The standard InChI is InChI=1S/C27H31F3O/c1-3-4-5-17-6-7-19-15-20(9-8-18(19)14-17)22-11-10-21(16-24(22)28)23-12-13-25(31-2)27(30)26(23)29/h3,10-13,16-20H,1,4-9,14-15H2,2H3. The van der Waals surface area contributed by atoms with Gasteiger partial charge in [0.2, 0.25) is 5.82 Å². The highest BCUT2D eigenvalue weighted by molar-refractivity contribution is 5.66. The van der Waals surface area contributed by atoms with E-state index in [1.165, 1.54) is 51.0 Å². The molecule has 0 bridgehead atoms. The topological polar surface area (TPSA) is 9.23 Å². The maximum absolute atomic E-state index is 15.1. The normalized spacial score (nSPS) is 25.7. The molecule has 0 heterocycles. The van der Waals surface area contributed by atoms with Gasteiger partial charge in [0.1, 0.15) is 5.82 Å². The van der Waals surface area contributed by atoms with Crippen LogP contribution in [0.3, 0.4) is 0 Å². The molecule has 2 aliphatic carbocycles. The van der Waals surface area contributed by atoms with E-state index < -0.39 is 11.6 Å². The van der Waals surface area contributed by atoms with Crippen molar-refractivity contribution in [1.29, 1.82) is 0 Å². The molecule has 2 fully saturated rings. The van der Waals surface area contributed by atoms with E-state index in [0.717, 1.165) is 37.5 Å². The minimum atomic E-state index is -1.05. The highest BCUT2D eigenvalue weighted by Crippen LogP contribution is 2.49. The molecule has 0 aromatic heterocycles. The third-order valence-electron chi connectivity index (χ3n) is 7.52. The Bertz CT molecular complexity index is 938. The average Bonchev–Trinajstić information content (AvgIpc) is 2.79. The Labute approximate surface area is 183 Å². The number of benzene rings is 2. The lowest BCUT2D eigenvalue weighted by Gasteiger charge is -2.42. The van der Waals surface area contributed by atoms with Gasteiger partial charge in [0.05, 0.1) is 7.11 Å². The van der Waals surface area contributed by atoms with Crippen molar-refractivity contribution in [2.45, 2.75) is 57.3 Å². The summed E-state index contributed by atoms with van der Waals surface area (Å²) in [5, 5.41) is 0. The summed E-state index contributed by atoms with van der Waals surface area (Å²) in [4.78, 5) is 0. The van der Waals surface area contributed by atoms with Gasteiger partial charge in [-0.05, 0) is 97.9 Å². The average molecular weight is 429 g/mol. The van der Waals surface area contributed by atoms with Crippen molar-refractivity contribution in [3.63, 3.8) is 0 Å². The largest absolute Gasteiger partial charge is 0.494 e. The minimum absolute atomic E-state index is 0.0466. The number of allylic oxidation sites excluding steroid dienone is 1. The summed E-state index contributed by atoms with van der Waals surface area (Å²) in [6.45, 7) is 3.84. The van der Waals surface area contributed by atoms with Gasteiger partial charge in [0, 0.05) is 5.56 Å². The predicted octanol–water partition coefficient (Wildman–Crippen LogP) is 8.05. The number of rotatable bonds is 6. The van der Waals surface area contributed by atoms with Crippen LogP contribution in [0, 0.1) is 35.2 Å². The lowest BCUT2D eigenvalue weighted by Crippen LogP contribution is -2.30. The first-order valence-electron chi connectivity index (χ1n) is 11.4. The van der Waals surface area contributed by atoms with Crippen LogP contribution in [0.1, 0.15) is 62.8 Å². The number of hydrogen-bond acceptors (Lipinski definition) is 1. The van der Waals surface area contributed by atoms with E-state index in [1.54, 1.807) is 12.1 Å². The molecule has 1 nitrogen and oxygen atoms in total. The molecule has 0 amide bonds. The molecule has 0 radical (unpaired) electrons. The second kappa shape index (κ2) is 9.50. The number of halogens is 3. The third-order valence-corrected chi connectivity index (χ3v) is 7.52. The van der Waals surface area contributed by atoms with Crippen molar-refractivity contribution in [2.24, 2.45) is 17.8 Å². The van der Waals surface area contributed by atoms with E-state index in [4.69, 9.17) is 4.74 Å². The van der Waals surface area contributed by atoms with Crippen molar-refractivity contribution in [3.8, 4) is 16.9 Å². The fraction of sp³-hybridized carbons (Fsp3) is 0.481. The molecule has 4 atom stereocenters. The molecular weight excluding hydrogens is 397 g/mol. The molecule has 4 heteroatoms. The van der Waals surface area contributed by atoms with Crippen LogP contribution >= 0.6 is 0 Å². The van der Waals surface area contributed by atoms with Crippen molar-refractivity contribution in [3.05, 3.63) is 66.0 Å². The van der Waals surface area contributed by atoms with Gasteiger partial charge < -0.3 is 4.74 Å². The van der Waals surface area contributed by atoms with Crippen LogP contribution in [0.2, 0.25) is 0 Å². The molecule has 4 unspecified atom stereocenters. The molecule has 0 saturated heterocycles. The highest BCUT2D eigenvalue weighted by Gasteiger charge is 2.36. The number of fused-ring (bicyclic) bond motifs is 1. The first-order valence-corrected chi connectivity index (χ1v) is 11.4. The van der Waals surface area contributed by atoms with E-state index in [9.17, 15) is 8.78 Å². The second-order valence-corrected chi connectivity index (χ2v) is 9.25. The Morgan fingerprint density at radius 1 is 0.968 bits per heavy atom. The van der Waals surface area contributed by atoms with Gasteiger partial charge in [-0.2, -0.15) is 4.39 Å². The number of ether oxygens (including phenoxy) is 1. The van der Waals surface area contributed by atoms with Crippen molar-refractivity contribution >= 4 is 0 Å². The summed E-state index contributed by atoms with van der Waals surface area (Å²) < 4.78 is 48.4. The molecular formula is C27H31F3O. The predicted molar refractivity (Wildman–Crippen MR) is 119 cm³/mol. The van der Waals surface area contributed by atoms with Crippen LogP contribution in [0.25, 0.3) is 11.1 Å². The SMILES string of the molecule is C=CCCC1CCC2CC(c3ccc(-c4ccc(OC)c(F)c4F)cc3F)CCC2C1. The van der Waals surface area contributed by atoms with Gasteiger partial charge in [0.15, 0.2) is 11.6 Å². The van der Waals surface area contributed by atoms with E-state index in [1.807, 2.05) is 6.08 Å². The summed E-state index contributed by atoms with van der Waals surface area (Å²) in [5.41, 5.74) is 1.10. The smallest absolute Gasteiger partial charge is 0.201 e. The van der Waals surface area contributed by atoms with Crippen LogP contribution in [0.15, 0.2) is 43.0 Å². The first kappa shape index (κ1) is 22.0. The summed E-state index contributed by atoms with van der Waals surface area (Å²) in [6.07, 6.45) is 11.3. The van der Waals surface area contributed by atoms with E-state index in [0.29, 0.717) is 17.0 Å². The first-order chi connectivity index (χ1) is 15.0. The van der Waals surface area contributed by atoms with Crippen molar-refractivity contribution in [2.75, 3.05) is 7.11 Å². The van der Waals surface area contributed by atoms with Crippen LogP contribution < -0.4 is 4.74 Å². The molecule has 2 aliphatic rings. The van der Waals surface area contributed by atoms with Crippen molar-refractivity contribution < 1.29 is 17.9 Å². The molecule has 31 heavy (non-hydrogen) atoms. The Morgan fingerprint density at radius 3 is 2.48 bits per heavy atom. The fourth-order valence-corrected chi connectivity index (χ4v) is 5.82. The molecule has 2 aromatic carbocycles. The monoisotopic (exact) mass is 428 g/mol. The highest BCUT2D eigenvalue weighted by atomic mass is 19.2. The molecule has 2 saturated carbocycles. The molecule has 0 spiro atoms. The zero-order chi connectivity index (χ0) is 22.0. The van der Waals surface area contributed by atoms with Gasteiger partial charge in [-0.15, -0.1) is 6.58 Å². The van der Waals surface area contributed by atoms with Gasteiger partial charge in [0.25, 0.3) is 0 Å². The van der Waals surface area contributed by atoms with Gasteiger partial charge in [-0.3, -0.25) is 0 Å². The molecule has 0 N–H and O–H groups in total. The Morgan fingerprint density at radius 2 is 1.74 bits per heavy atom. The van der Waals surface area contributed by atoms with Crippen molar-refractivity contribution in [1.82, 2.24) is 0 Å². The summed E-state index contributed by atoms with van der Waals surface area (Å²) in [6, 6.07) is 7.62. The minimum Gasteiger partial charge on any atom is -0.494 e. The van der Waals surface area contributed by atoms with Crippen LogP contribution in [0.5, 0.6) is 5.75 Å². The van der Waals surface area contributed by atoms with E-state index >= 15 is 4.39 Å². The van der Waals surface area contributed by atoms with Gasteiger partial charge in [-0.25, -0.2) is 8.78 Å².